The molecule has 2 aliphatic heterocycles. The number of hydrogen-bond donors (Lipinski definition) is 0. The first-order valence-electron chi connectivity index (χ1n) is 8.61. The molecule has 0 aromatic heterocycles. The van der Waals surface area contributed by atoms with Gasteiger partial charge in [-0.2, -0.15) is 0 Å². The van der Waals surface area contributed by atoms with Crippen LogP contribution in [0, 0.1) is 11.8 Å². The van der Waals surface area contributed by atoms with Crippen LogP contribution in [0.15, 0.2) is 0 Å². The Labute approximate surface area is 120 Å². The topological polar surface area (TPSA) is 6.48 Å². The van der Waals surface area contributed by atoms with Crippen molar-refractivity contribution in [1.82, 2.24) is 9.80 Å². The summed E-state index contributed by atoms with van der Waals surface area (Å²) in [5.41, 5.74) is 0. The number of likely N-dealkylation sites (tertiary alicyclic amines) is 2. The zero-order valence-electron chi connectivity index (χ0n) is 13.2. The van der Waals surface area contributed by atoms with Gasteiger partial charge in [0.15, 0.2) is 0 Å². The van der Waals surface area contributed by atoms with Gasteiger partial charge in [-0.05, 0) is 110 Å². The Balaban J connectivity index is 1.72. The largest absolute Gasteiger partial charge is 0.306 e. The molecule has 2 saturated heterocycles. The first-order chi connectivity index (χ1) is 9.24. The summed E-state index contributed by atoms with van der Waals surface area (Å²) in [7, 11) is 4.57. The first-order valence-corrected chi connectivity index (χ1v) is 8.61. The lowest BCUT2D eigenvalue weighted by Gasteiger charge is -2.30. The fourth-order valence-electron chi connectivity index (χ4n) is 4.05. The van der Waals surface area contributed by atoms with Crippen LogP contribution in [-0.4, -0.2) is 50.1 Å². The maximum atomic E-state index is 2.52. The van der Waals surface area contributed by atoms with Crippen molar-refractivity contribution >= 4 is 0 Å². The summed E-state index contributed by atoms with van der Waals surface area (Å²) in [5, 5.41) is 0. The third-order valence-corrected chi connectivity index (χ3v) is 5.28. The van der Waals surface area contributed by atoms with Crippen molar-refractivity contribution < 1.29 is 0 Å². The summed E-state index contributed by atoms with van der Waals surface area (Å²) in [4.78, 5) is 5.03. The zero-order chi connectivity index (χ0) is 13.5. The Bertz CT molecular complexity index is 197. The second-order valence-corrected chi connectivity index (χ2v) is 7.14. The lowest BCUT2D eigenvalue weighted by atomic mass is 9.82. The second kappa shape index (κ2) is 8.26. The molecule has 0 aromatic carbocycles. The van der Waals surface area contributed by atoms with Crippen molar-refractivity contribution in [3.8, 4) is 0 Å². The van der Waals surface area contributed by atoms with Crippen molar-refractivity contribution in [1.29, 1.82) is 0 Å². The van der Waals surface area contributed by atoms with Crippen LogP contribution in [0.25, 0.3) is 0 Å². The predicted octanol–water partition coefficient (Wildman–Crippen LogP) is 3.62. The van der Waals surface area contributed by atoms with E-state index in [1.807, 2.05) is 0 Å². The monoisotopic (exact) mass is 266 g/mol. The van der Waals surface area contributed by atoms with Crippen LogP contribution < -0.4 is 0 Å². The lowest BCUT2D eigenvalue weighted by molar-refractivity contribution is 0.209. The molecule has 0 aliphatic carbocycles. The highest BCUT2D eigenvalue weighted by Gasteiger charge is 2.19. The number of rotatable bonds is 2. The second-order valence-electron chi connectivity index (χ2n) is 7.14. The van der Waals surface area contributed by atoms with Gasteiger partial charge in [-0.15, -0.1) is 0 Å². The average molecular weight is 266 g/mol. The van der Waals surface area contributed by atoms with Crippen LogP contribution in [0.3, 0.4) is 0 Å². The van der Waals surface area contributed by atoms with E-state index in [4.69, 9.17) is 0 Å². The maximum Gasteiger partial charge on any atom is -0.00217 e. The Morgan fingerprint density at radius 1 is 0.632 bits per heavy atom. The van der Waals surface area contributed by atoms with Gasteiger partial charge in [-0.1, -0.05) is 0 Å². The molecule has 2 fully saturated rings. The highest BCUT2D eigenvalue weighted by atomic mass is 15.1. The van der Waals surface area contributed by atoms with Gasteiger partial charge in [-0.25, -0.2) is 0 Å². The van der Waals surface area contributed by atoms with Gasteiger partial charge < -0.3 is 9.80 Å². The van der Waals surface area contributed by atoms with Crippen LogP contribution in [-0.2, 0) is 0 Å². The number of hydrogen-bond acceptors (Lipinski definition) is 2. The van der Waals surface area contributed by atoms with Gasteiger partial charge in [0, 0.05) is 0 Å². The van der Waals surface area contributed by atoms with Crippen molar-refractivity contribution in [2.24, 2.45) is 11.8 Å². The summed E-state index contributed by atoms with van der Waals surface area (Å²) < 4.78 is 0. The minimum atomic E-state index is 1.04. The standard InChI is InChI=1S/C17H34N2/c1-18-11-3-7-16(8-4-12-18)15-17-9-5-13-19(2)14-6-10-17/h16-17H,3-15H2,1-2H3. The molecular weight excluding hydrogens is 232 g/mol. The molecule has 0 radical (unpaired) electrons. The highest BCUT2D eigenvalue weighted by Crippen LogP contribution is 2.30. The highest BCUT2D eigenvalue weighted by molar-refractivity contribution is 4.73. The summed E-state index contributed by atoms with van der Waals surface area (Å²) in [5.74, 6) is 2.08. The lowest BCUT2D eigenvalue weighted by Crippen LogP contribution is -2.27. The van der Waals surface area contributed by atoms with E-state index < -0.39 is 0 Å². The summed E-state index contributed by atoms with van der Waals surface area (Å²) in [6.45, 7) is 5.30. The molecule has 0 amide bonds. The maximum absolute atomic E-state index is 2.52. The van der Waals surface area contributed by atoms with Crippen molar-refractivity contribution in [2.75, 3.05) is 40.3 Å². The van der Waals surface area contributed by atoms with Crippen LogP contribution in [0.5, 0.6) is 0 Å². The Morgan fingerprint density at radius 3 is 1.26 bits per heavy atom. The Kier molecular flexibility index (Phi) is 6.66. The molecule has 0 aromatic rings. The minimum absolute atomic E-state index is 1.04. The third kappa shape index (κ3) is 5.83. The third-order valence-electron chi connectivity index (χ3n) is 5.28. The SMILES string of the molecule is CN1CCCC(CC2CCCN(C)CCC2)CCC1. The molecule has 0 unspecified atom stereocenters. The van der Waals surface area contributed by atoms with E-state index in [1.165, 1.54) is 84.0 Å². The molecule has 0 spiro atoms. The van der Waals surface area contributed by atoms with Crippen molar-refractivity contribution in [3.63, 3.8) is 0 Å². The molecule has 2 rings (SSSR count). The summed E-state index contributed by atoms with van der Waals surface area (Å²) in [6.07, 6.45) is 13.2. The van der Waals surface area contributed by atoms with E-state index in [0.29, 0.717) is 0 Å². The van der Waals surface area contributed by atoms with Crippen LogP contribution in [0.2, 0.25) is 0 Å². The van der Waals surface area contributed by atoms with Gasteiger partial charge in [0.1, 0.15) is 0 Å². The molecule has 112 valence electrons. The first kappa shape index (κ1) is 15.3. The molecule has 0 atom stereocenters. The van der Waals surface area contributed by atoms with Crippen molar-refractivity contribution in [3.05, 3.63) is 0 Å². The smallest absolute Gasteiger partial charge is 0.00217 e. The van der Waals surface area contributed by atoms with Gasteiger partial charge in [-0.3, -0.25) is 0 Å². The van der Waals surface area contributed by atoms with E-state index in [2.05, 4.69) is 23.9 Å². The van der Waals surface area contributed by atoms with Crippen LogP contribution >= 0.6 is 0 Å². The quantitative estimate of drug-likeness (QED) is 0.753. The predicted molar refractivity (Wildman–Crippen MR) is 83.5 cm³/mol. The van der Waals surface area contributed by atoms with Crippen LogP contribution in [0.4, 0.5) is 0 Å². The Hall–Kier alpha value is -0.0800. The molecule has 2 heteroatoms. The van der Waals surface area contributed by atoms with E-state index in [0.717, 1.165) is 11.8 Å². The summed E-state index contributed by atoms with van der Waals surface area (Å²) in [6, 6.07) is 0. The molecule has 2 nitrogen and oxygen atoms in total. The molecule has 0 saturated carbocycles. The van der Waals surface area contributed by atoms with E-state index in [1.54, 1.807) is 0 Å². The van der Waals surface area contributed by atoms with Gasteiger partial charge in [0.2, 0.25) is 0 Å². The normalized spacial score (nSPS) is 27.5. The molecule has 2 heterocycles. The van der Waals surface area contributed by atoms with Crippen LogP contribution in [0.1, 0.15) is 57.8 Å². The average Bonchev–Trinajstić information content (AvgIpc) is 2.32. The molecule has 2 aliphatic rings. The number of nitrogens with zero attached hydrogens (tertiary/aromatic N) is 2. The Morgan fingerprint density at radius 2 is 0.947 bits per heavy atom. The fourth-order valence-corrected chi connectivity index (χ4v) is 4.05. The van der Waals surface area contributed by atoms with E-state index in [9.17, 15) is 0 Å². The molecular formula is C17H34N2. The molecule has 0 bridgehead atoms. The summed E-state index contributed by atoms with van der Waals surface area (Å²) >= 11 is 0. The molecule has 19 heavy (non-hydrogen) atoms. The van der Waals surface area contributed by atoms with E-state index in [-0.39, 0.29) is 0 Å². The van der Waals surface area contributed by atoms with Gasteiger partial charge >= 0.3 is 0 Å². The van der Waals surface area contributed by atoms with Gasteiger partial charge in [0.05, 0.1) is 0 Å². The van der Waals surface area contributed by atoms with Crippen molar-refractivity contribution in [2.45, 2.75) is 57.8 Å². The zero-order valence-corrected chi connectivity index (χ0v) is 13.2. The van der Waals surface area contributed by atoms with Gasteiger partial charge in [0.25, 0.3) is 0 Å². The molecule has 0 N–H and O–H groups in total. The fraction of sp³-hybridized carbons (Fsp3) is 1.00. The van der Waals surface area contributed by atoms with E-state index >= 15 is 0 Å². The minimum Gasteiger partial charge on any atom is -0.306 e.